The number of amides is 2. The Bertz CT molecular complexity index is 846. The van der Waals surface area contributed by atoms with Gasteiger partial charge in [-0.05, 0) is 50.1 Å². The second kappa shape index (κ2) is 7.06. The van der Waals surface area contributed by atoms with Crippen molar-refractivity contribution in [1.82, 2.24) is 0 Å². The molecule has 1 saturated carbocycles. The minimum atomic E-state index is -4.50. The maximum Gasteiger partial charge on any atom is 0.416 e. The van der Waals surface area contributed by atoms with E-state index in [-0.39, 0.29) is 11.6 Å². The van der Waals surface area contributed by atoms with E-state index in [0.717, 1.165) is 12.1 Å². The molecule has 0 atom stereocenters. The Balaban J connectivity index is 1.79. The van der Waals surface area contributed by atoms with Gasteiger partial charge in [0.25, 0.3) is 0 Å². The van der Waals surface area contributed by atoms with Crippen molar-refractivity contribution in [3.05, 3.63) is 60.2 Å². The quantitative estimate of drug-likeness (QED) is 0.783. The van der Waals surface area contributed by atoms with Crippen LogP contribution in [-0.4, -0.2) is 18.4 Å². The van der Waals surface area contributed by atoms with Crippen LogP contribution in [0, 0.1) is 5.41 Å². The summed E-state index contributed by atoms with van der Waals surface area (Å²) in [5, 5.41) is 2.48. The summed E-state index contributed by atoms with van der Waals surface area (Å²) in [6.45, 7) is 2.20. The first-order valence-corrected chi connectivity index (χ1v) is 8.63. The van der Waals surface area contributed by atoms with Crippen LogP contribution in [-0.2, 0) is 15.8 Å². The van der Waals surface area contributed by atoms with Crippen LogP contribution < -0.4 is 10.2 Å². The van der Waals surface area contributed by atoms with E-state index in [0.29, 0.717) is 25.1 Å². The minimum Gasteiger partial charge on any atom is -0.325 e. The van der Waals surface area contributed by atoms with Crippen molar-refractivity contribution < 1.29 is 22.8 Å². The van der Waals surface area contributed by atoms with Gasteiger partial charge in [-0.3, -0.25) is 9.59 Å². The molecule has 27 heavy (non-hydrogen) atoms. The molecule has 0 aromatic heterocycles. The number of nitrogens with zero attached hydrogens (tertiary/aromatic N) is 1. The number of carbonyl (C=O) groups is 2. The third-order valence-electron chi connectivity index (χ3n) is 4.67. The van der Waals surface area contributed by atoms with Gasteiger partial charge in [0.05, 0.1) is 5.56 Å². The van der Waals surface area contributed by atoms with E-state index >= 15 is 0 Å². The van der Waals surface area contributed by atoms with Crippen molar-refractivity contribution in [2.24, 2.45) is 5.41 Å². The van der Waals surface area contributed by atoms with Crippen LogP contribution in [0.1, 0.15) is 25.3 Å². The first-order valence-electron chi connectivity index (χ1n) is 8.63. The minimum absolute atomic E-state index is 0.0247. The normalized spacial score (nSPS) is 15.1. The van der Waals surface area contributed by atoms with Gasteiger partial charge in [0, 0.05) is 17.9 Å². The standard InChI is InChI=1S/C20H19F3N2O2/c1-2-25(16-9-4-3-5-10-16)18(27)19(11-12-19)17(26)24-15-8-6-7-14(13-15)20(21,22)23/h3-10,13H,2,11-12H2,1H3,(H,24,26). The van der Waals surface area contributed by atoms with E-state index in [1.165, 1.54) is 17.0 Å². The Labute approximate surface area is 155 Å². The number of anilines is 2. The zero-order valence-corrected chi connectivity index (χ0v) is 14.7. The summed E-state index contributed by atoms with van der Waals surface area (Å²) in [7, 11) is 0. The summed E-state index contributed by atoms with van der Waals surface area (Å²) < 4.78 is 38.5. The van der Waals surface area contributed by atoms with Gasteiger partial charge in [0.15, 0.2) is 0 Å². The summed E-state index contributed by atoms with van der Waals surface area (Å²) in [6.07, 6.45) is -3.75. The average Bonchev–Trinajstić information content (AvgIpc) is 3.45. The monoisotopic (exact) mass is 376 g/mol. The molecule has 0 unspecified atom stereocenters. The Morgan fingerprint density at radius 3 is 2.30 bits per heavy atom. The number of carbonyl (C=O) groups excluding carboxylic acids is 2. The first kappa shape index (κ1) is 18.9. The third kappa shape index (κ3) is 3.82. The molecule has 4 nitrogen and oxygen atoms in total. The van der Waals surface area contributed by atoms with E-state index in [1.807, 2.05) is 13.0 Å². The molecule has 0 aliphatic heterocycles. The fourth-order valence-corrected chi connectivity index (χ4v) is 3.00. The van der Waals surface area contributed by atoms with Gasteiger partial charge in [0.2, 0.25) is 11.8 Å². The molecule has 0 spiro atoms. The molecule has 0 heterocycles. The van der Waals surface area contributed by atoms with Crippen LogP contribution >= 0.6 is 0 Å². The van der Waals surface area contributed by atoms with Crippen LogP contribution in [0.15, 0.2) is 54.6 Å². The van der Waals surface area contributed by atoms with Crippen LogP contribution in [0.25, 0.3) is 0 Å². The molecular weight excluding hydrogens is 357 g/mol. The lowest BCUT2D eigenvalue weighted by Gasteiger charge is -2.26. The maximum atomic E-state index is 13.0. The van der Waals surface area contributed by atoms with Gasteiger partial charge < -0.3 is 10.2 Å². The number of hydrogen-bond acceptors (Lipinski definition) is 2. The van der Waals surface area contributed by atoms with Gasteiger partial charge in [-0.15, -0.1) is 0 Å². The lowest BCUT2D eigenvalue weighted by molar-refractivity contribution is -0.138. The topological polar surface area (TPSA) is 49.4 Å². The number of alkyl halides is 3. The van der Waals surface area contributed by atoms with Gasteiger partial charge in [-0.25, -0.2) is 0 Å². The molecule has 0 bridgehead atoms. The smallest absolute Gasteiger partial charge is 0.325 e. The molecule has 3 rings (SSSR count). The van der Waals surface area contributed by atoms with E-state index in [2.05, 4.69) is 5.32 Å². The predicted octanol–water partition coefficient (Wildman–Crippen LogP) is 4.48. The molecule has 2 amide bonds. The van der Waals surface area contributed by atoms with Crippen LogP contribution in [0.3, 0.4) is 0 Å². The maximum absolute atomic E-state index is 13.0. The molecule has 7 heteroatoms. The predicted molar refractivity (Wildman–Crippen MR) is 96.2 cm³/mol. The van der Waals surface area contributed by atoms with Crippen molar-refractivity contribution in [3.8, 4) is 0 Å². The summed E-state index contributed by atoms with van der Waals surface area (Å²) in [5.41, 5.74) is -1.36. The van der Waals surface area contributed by atoms with E-state index in [9.17, 15) is 22.8 Å². The highest BCUT2D eigenvalue weighted by atomic mass is 19.4. The van der Waals surface area contributed by atoms with E-state index in [4.69, 9.17) is 0 Å². The molecule has 142 valence electrons. The van der Waals surface area contributed by atoms with E-state index in [1.54, 1.807) is 24.3 Å². The van der Waals surface area contributed by atoms with Gasteiger partial charge in [0.1, 0.15) is 5.41 Å². The number of halogens is 3. The number of para-hydroxylation sites is 1. The number of nitrogens with one attached hydrogen (secondary N) is 1. The zero-order chi connectivity index (χ0) is 19.7. The fourth-order valence-electron chi connectivity index (χ4n) is 3.00. The molecule has 2 aromatic carbocycles. The molecule has 1 aliphatic rings. The third-order valence-corrected chi connectivity index (χ3v) is 4.67. The van der Waals surface area contributed by atoms with Crippen molar-refractivity contribution >= 4 is 23.2 Å². The molecule has 0 saturated heterocycles. The van der Waals surface area contributed by atoms with Crippen LogP contribution in [0.5, 0.6) is 0 Å². The molecule has 2 aromatic rings. The lowest BCUT2D eigenvalue weighted by Crippen LogP contribution is -2.43. The van der Waals surface area contributed by atoms with Crippen molar-refractivity contribution in [2.75, 3.05) is 16.8 Å². The van der Waals surface area contributed by atoms with E-state index < -0.39 is 23.1 Å². The summed E-state index contributed by atoms with van der Waals surface area (Å²) >= 11 is 0. The summed E-state index contributed by atoms with van der Waals surface area (Å²) in [4.78, 5) is 27.2. The fraction of sp³-hybridized carbons (Fsp3) is 0.300. The SMILES string of the molecule is CCN(C(=O)C1(C(=O)Nc2cccc(C(F)(F)F)c2)CC1)c1ccccc1. The Kier molecular flexibility index (Phi) is 4.95. The first-order chi connectivity index (χ1) is 12.8. The van der Waals surface area contributed by atoms with Gasteiger partial charge >= 0.3 is 6.18 Å². The van der Waals surface area contributed by atoms with Crippen molar-refractivity contribution in [3.63, 3.8) is 0 Å². The Morgan fingerprint density at radius 1 is 1.07 bits per heavy atom. The summed E-state index contributed by atoms with van der Waals surface area (Å²) in [6, 6.07) is 13.4. The molecule has 1 N–H and O–H groups in total. The average molecular weight is 376 g/mol. The molecule has 1 fully saturated rings. The Morgan fingerprint density at radius 2 is 1.74 bits per heavy atom. The second-order valence-electron chi connectivity index (χ2n) is 6.50. The highest BCUT2D eigenvalue weighted by Crippen LogP contribution is 2.49. The largest absolute Gasteiger partial charge is 0.416 e. The Hall–Kier alpha value is -2.83. The van der Waals surface area contributed by atoms with Crippen molar-refractivity contribution in [2.45, 2.75) is 25.9 Å². The van der Waals surface area contributed by atoms with Gasteiger partial charge in [-0.2, -0.15) is 13.2 Å². The van der Waals surface area contributed by atoms with Crippen LogP contribution in [0.4, 0.5) is 24.5 Å². The highest BCUT2D eigenvalue weighted by molar-refractivity contribution is 6.17. The lowest BCUT2D eigenvalue weighted by atomic mass is 10.0. The van der Waals surface area contributed by atoms with Crippen molar-refractivity contribution in [1.29, 1.82) is 0 Å². The summed E-state index contributed by atoms with van der Waals surface area (Å²) in [5.74, 6) is -0.901. The number of hydrogen-bond donors (Lipinski definition) is 1. The van der Waals surface area contributed by atoms with Gasteiger partial charge in [-0.1, -0.05) is 24.3 Å². The molecule has 1 aliphatic carbocycles. The second-order valence-corrected chi connectivity index (χ2v) is 6.50. The highest BCUT2D eigenvalue weighted by Gasteiger charge is 2.58. The molecule has 0 radical (unpaired) electrons. The number of benzene rings is 2. The van der Waals surface area contributed by atoms with Crippen LogP contribution in [0.2, 0.25) is 0 Å². The zero-order valence-electron chi connectivity index (χ0n) is 14.7. The number of rotatable bonds is 5. The molecular formula is C20H19F3N2O2.